The van der Waals surface area contributed by atoms with Gasteiger partial charge in [-0.15, -0.1) is 0 Å². The number of ether oxygens (including phenoxy) is 2. The zero-order valence-corrected chi connectivity index (χ0v) is 19.9. The van der Waals surface area contributed by atoms with Crippen LogP contribution in [0.2, 0.25) is 0 Å². The number of halogens is 2. The Bertz CT molecular complexity index is 1460. The molecular formula is C23H22F2N4O5S. The van der Waals surface area contributed by atoms with Crippen LogP contribution in [0.3, 0.4) is 0 Å². The maximum Gasteiger partial charge on any atom is 0.388 e. The molecule has 4 aromatic rings. The molecule has 0 aliphatic carbocycles. The third-order valence-corrected chi connectivity index (χ3v) is 6.44. The van der Waals surface area contributed by atoms with Crippen molar-refractivity contribution in [2.45, 2.75) is 36.8 Å². The van der Waals surface area contributed by atoms with E-state index < -0.39 is 27.9 Å². The minimum Gasteiger partial charge on any atom is -0.481 e. The molecular weight excluding hydrogens is 482 g/mol. The van der Waals surface area contributed by atoms with Crippen LogP contribution in [0.25, 0.3) is 10.8 Å². The van der Waals surface area contributed by atoms with Crippen molar-refractivity contribution >= 4 is 20.6 Å². The molecule has 0 fully saturated rings. The van der Waals surface area contributed by atoms with Crippen LogP contribution in [0.1, 0.15) is 19.4 Å². The van der Waals surface area contributed by atoms with Crippen molar-refractivity contribution in [1.29, 1.82) is 0 Å². The molecule has 1 aromatic carbocycles. The summed E-state index contributed by atoms with van der Waals surface area (Å²) in [6.07, 6.45) is 3.89. The van der Waals surface area contributed by atoms with E-state index in [9.17, 15) is 22.0 Å². The first-order valence-corrected chi connectivity index (χ1v) is 11.9. The number of sulfone groups is 1. The number of hydrogen-bond acceptors (Lipinski definition) is 8. The summed E-state index contributed by atoms with van der Waals surface area (Å²) in [6.45, 7) is 1.10. The van der Waals surface area contributed by atoms with E-state index in [1.807, 2.05) is 13.8 Å². The molecule has 0 aliphatic heterocycles. The fourth-order valence-electron chi connectivity index (χ4n) is 3.07. The van der Waals surface area contributed by atoms with Gasteiger partial charge in [0.1, 0.15) is 0 Å². The number of nitrogens with zero attached hydrogens (tertiary/aromatic N) is 4. The van der Waals surface area contributed by atoms with Crippen molar-refractivity contribution in [1.82, 2.24) is 19.7 Å². The molecule has 3 aromatic heterocycles. The summed E-state index contributed by atoms with van der Waals surface area (Å²) in [4.78, 5) is 20.2. The summed E-state index contributed by atoms with van der Waals surface area (Å²) < 4.78 is 60.7. The molecule has 12 heteroatoms. The highest BCUT2D eigenvalue weighted by Gasteiger charge is 2.20. The lowest BCUT2D eigenvalue weighted by atomic mass is 10.2. The van der Waals surface area contributed by atoms with Gasteiger partial charge in [-0.05, 0) is 29.8 Å². The minimum absolute atomic E-state index is 0.0994. The van der Waals surface area contributed by atoms with Gasteiger partial charge in [0, 0.05) is 29.9 Å². The van der Waals surface area contributed by atoms with Gasteiger partial charge in [0.15, 0.2) is 0 Å². The van der Waals surface area contributed by atoms with Crippen LogP contribution in [-0.2, 0) is 16.4 Å². The molecule has 184 valence electrons. The van der Waals surface area contributed by atoms with E-state index >= 15 is 0 Å². The van der Waals surface area contributed by atoms with E-state index in [2.05, 4.69) is 19.8 Å². The van der Waals surface area contributed by atoms with Gasteiger partial charge in [0.2, 0.25) is 21.6 Å². The second-order valence-electron chi connectivity index (χ2n) is 6.78. The van der Waals surface area contributed by atoms with Gasteiger partial charge >= 0.3 is 6.61 Å². The topological polar surface area (TPSA) is 113 Å². The Hall–Kier alpha value is -3.93. The Kier molecular flexibility index (Phi) is 8.07. The molecule has 0 aliphatic rings. The molecule has 0 unspecified atom stereocenters. The van der Waals surface area contributed by atoms with Crippen molar-refractivity contribution < 1.29 is 26.7 Å². The lowest BCUT2D eigenvalue weighted by molar-refractivity contribution is -0.0529. The van der Waals surface area contributed by atoms with Gasteiger partial charge in [-0.25, -0.2) is 23.1 Å². The quantitative estimate of drug-likeness (QED) is 0.374. The van der Waals surface area contributed by atoms with Gasteiger partial charge < -0.3 is 9.47 Å². The first kappa shape index (κ1) is 25.7. The molecule has 0 atom stereocenters. The average molecular weight is 505 g/mol. The maximum atomic E-state index is 12.9. The van der Waals surface area contributed by atoms with E-state index in [0.717, 1.165) is 23.9 Å². The summed E-state index contributed by atoms with van der Waals surface area (Å²) in [5.74, 6) is 0.0389. The van der Waals surface area contributed by atoms with Crippen molar-refractivity contribution in [3.8, 4) is 11.8 Å². The number of aromatic nitrogens is 4. The molecule has 4 rings (SSSR count). The van der Waals surface area contributed by atoms with E-state index in [0.29, 0.717) is 11.3 Å². The number of rotatable bonds is 7. The van der Waals surface area contributed by atoms with Gasteiger partial charge in [0.25, 0.3) is 5.56 Å². The van der Waals surface area contributed by atoms with Crippen molar-refractivity contribution in [2.24, 2.45) is 0 Å². The minimum atomic E-state index is -4.02. The number of methoxy groups -OCH3 is 1. The smallest absolute Gasteiger partial charge is 0.388 e. The number of hydrogen-bond donors (Lipinski definition) is 0. The van der Waals surface area contributed by atoms with Crippen molar-refractivity contribution in [3.05, 3.63) is 77.0 Å². The standard InChI is InChI=1S/C21H16F2N4O5S.C2H6/c1-31-18-6-2-13(9-24-18)12-27-20(28)17-5-3-15(8-14(17)10-26-27)33(29,30)16-4-7-19(25-11-16)32-21(22)23;1-2/h2-11,21H,12H2,1H3;1-2H3. The fraction of sp³-hybridized carbons (Fsp3) is 0.217. The third-order valence-electron chi connectivity index (χ3n) is 4.70. The monoisotopic (exact) mass is 504 g/mol. The zero-order chi connectivity index (χ0) is 25.6. The van der Waals surface area contributed by atoms with E-state index in [-0.39, 0.29) is 21.7 Å². The van der Waals surface area contributed by atoms with Gasteiger partial charge in [-0.1, -0.05) is 19.9 Å². The van der Waals surface area contributed by atoms with Crippen molar-refractivity contribution in [2.75, 3.05) is 7.11 Å². The predicted octanol–water partition coefficient (Wildman–Crippen LogP) is 3.70. The molecule has 0 spiro atoms. The Morgan fingerprint density at radius 1 is 0.943 bits per heavy atom. The Morgan fingerprint density at radius 2 is 1.63 bits per heavy atom. The van der Waals surface area contributed by atoms with E-state index in [1.165, 1.54) is 36.2 Å². The Balaban J connectivity index is 0.00000167. The molecule has 0 radical (unpaired) electrons. The third kappa shape index (κ3) is 5.77. The van der Waals surface area contributed by atoms with Crippen molar-refractivity contribution in [3.63, 3.8) is 0 Å². The van der Waals surface area contributed by atoms with Crippen LogP contribution in [0, 0.1) is 0 Å². The lowest BCUT2D eigenvalue weighted by Gasteiger charge is -2.09. The maximum absolute atomic E-state index is 12.9. The largest absolute Gasteiger partial charge is 0.481 e. The van der Waals surface area contributed by atoms with Gasteiger partial charge in [-0.2, -0.15) is 13.9 Å². The molecule has 0 N–H and O–H groups in total. The predicted molar refractivity (Wildman–Crippen MR) is 124 cm³/mol. The van der Waals surface area contributed by atoms with E-state index in [1.54, 1.807) is 18.3 Å². The molecule has 0 bridgehead atoms. The summed E-state index contributed by atoms with van der Waals surface area (Å²) in [6, 6.07) is 9.59. The molecule has 0 saturated carbocycles. The first-order chi connectivity index (χ1) is 16.8. The Morgan fingerprint density at radius 3 is 2.23 bits per heavy atom. The summed E-state index contributed by atoms with van der Waals surface area (Å²) >= 11 is 0. The van der Waals surface area contributed by atoms with Crippen LogP contribution in [0.4, 0.5) is 8.78 Å². The second kappa shape index (κ2) is 11.0. The Labute approximate surface area is 199 Å². The fourth-order valence-corrected chi connectivity index (χ4v) is 4.31. The number of fused-ring (bicyclic) bond motifs is 1. The van der Waals surface area contributed by atoms with Gasteiger partial charge in [-0.3, -0.25) is 4.79 Å². The average Bonchev–Trinajstić information content (AvgIpc) is 2.87. The van der Waals surface area contributed by atoms with Crippen LogP contribution >= 0.6 is 0 Å². The number of alkyl halides is 2. The summed E-state index contributed by atoms with van der Waals surface area (Å²) in [7, 11) is -2.52. The summed E-state index contributed by atoms with van der Waals surface area (Å²) in [5.41, 5.74) is 0.332. The van der Waals surface area contributed by atoms with Crippen LogP contribution < -0.4 is 15.0 Å². The molecule has 3 heterocycles. The highest BCUT2D eigenvalue weighted by molar-refractivity contribution is 7.91. The lowest BCUT2D eigenvalue weighted by Crippen LogP contribution is -2.23. The van der Waals surface area contributed by atoms with Gasteiger partial charge in [0.05, 0.1) is 35.0 Å². The number of benzene rings is 1. The highest BCUT2D eigenvalue weighted by atomic mass is 32.2. The normalized spacial score (nSPS) is 11.1. The SMILES string of the molecule is CC.COc1ccc(Cn2ncc3cc(S(=O)(=O)c4ccc(OC(F)F)nc4)ccc3c2=O)cn1. The van der Waals surface area contributed by atoms with Crippen LogP contribution in [-0.4, -0.2) is 41.9 Å². The second-order valence-corrected chi connectivity index (χ2v) is 8.73. The highest BCUT2D eigenvalue weighted by Crippen LogP contribution is 2.24. The molecule has 35 heavy (non-hydrogen) atoms. The van der Waals surface area contributed by atoms with Crippen LogP contribution in [0.5, 0.6) is 11.8 Å². The summed E-state index contributed by atoms with van der Waals surface area (Å²) in [5, 5.41) is 4.74. The molecule has 9 nitrogen and oxygen atoms in total. The zero-order valence-electron chi connectivity index (χ0n) is 19.1. The first-order valence-electron chi connectivity index (χ1n) is 10.4. The van der Waals surface area contributed by atoms with Crippen LogP contribution in [0.15, 0.2) is 75.6 Å². The van der Waals surface area contributed by atoms with E-state index in [4.69, 9.17) is 4.74 Å². The molecule has 0 amide bonds. The number of pyridine rings is 2. The molecule has 0 saturated heterocycles.